The van der Waals surface area contributed by atoms with Gasteiger partial charge < -0.3 is 5.32 Å². The van der Waals surface area contributed by atoms with Crippen molar-refractivity contribution in [2.75, 3.05) is 0 Å². The molecule has 1 N–H and O–H groups in total. The van der Waals surface area contributed by atoms with E-state index in [0.717, 1.165) is 4.32 Å². The number of thioether (sulfide) groups is 1. The molecule has 0 saturated carbocycles. The monoisotopic (exact) mass is 173 g/mol. The second-order valence-corrected chi connectivity index (χ2v) is 4.91. The van der Waals surface area contributed by atoms with Gasteiger partial charge in [-0.3, -0.25) is 0 Å². The van der Waals surface area contributed by atoms with Crippen molar-refractivity contribution in [3.63, 3.8) is 0 Å². The van der Waals surface area contributed by atoms with Crippen LogP contribution in [-0.4, -0.2) is 9.86 Å². The Morgan fingerprint density at radius 2 is 2.20 bits per heavy atom. The van der Waals surface area contributed by atoms with Gasteiger partial charge in [0.2, 0.25) is 0 Å². The predicted molar refractivity (Wildman–Crippen MR) is 51.2 cm³/mol. The van der Waals surface area contributed by atoms with Crippen LogP contribution in [0.2, 0.25) is 0 Å². The van der Waals surface area contributed by atoms with Gasteiger partial charge in [-0.25, -0.2) is 0 Å². The van der Waals surface area contributed by atoms with Gasteiger partial charge in [0, 0.05) is 0 Å². The first kappa shape index (κ1) is 8.08. The highest BCUT2D eigenvalue weighted by Gasteiger charge is 2.20. The summed E-state index contributed by atoms with van der Waals surface area (Å²) in [4.78, 5) is 1.29. The molecule has 0 radical (unpaired) electrons. The number of allylic oxidation sites excluding steroid dienone is 1. The van der Waals surface area contributed by atoms with Crippen LogP contribution >= 0.6 is 24.0 Å². The zero-order valence-electron chi connectivity index (χ0n) is 6.39. The average molecular weight is 173 g/mol. The summed E-state index contributed by atoms with van der Waals surface area (Å²) in [7, 11) is 0. The maximum Gasteiger partial charge on any atom is 0.138 e. The summed E-state index contributed by atoms with van der Waals surface area (Å²) in [5.74, 6) is 0. The first-order chi connectivity index (χ1) is 4.49. The summed E-state index contributed by atoms with van der Waals surface area (Å²) in [6.07, 6.45) is 2.19. The molecule has 1 aliphatic rings. The Hall–Kier alpha value is -0.0200. The lowest BCUT2D eigenvalue weighted by atomic mass is 10.1. The first-order valence-corrected chi connectivity index (χ1v) is 4.41. The van der Waals surface area contributed by atoms with Gasteiger partial charge in [0.05, 0.1) is 5.54 Å². The molecule has 56 valence electrons. The Kier molecular flexibility index (Phi) is 2.06. The van der Waals surface area contributed by atoms with Gasteiger partial charge in [-0.2, -0.15) is 0 Å². The van der Waals surface area contributed by atoms with Crippen LogP contribution < -0.4 is 5.32 Å². The standard InChI is InChI=1S/C7H11NS2/c1-5-4-7(2,3)8-6(9)10-5/h4H,1-3H3,(H,8,9). The van der Waals surface area contributed by atoms with Crippen molar-refractivity contribution < 1.29 is 0 Å². The minimum absolute atomic E-state index is 0.0480. The predicted octanol–water partition coefficient (Wildman–Crippen LogP) is 2.29. The Bertz CT molecular complexity index is 194. The maximum absolute atomic E-state index is 5.04. The normalized spacial score (nSPS) is 23.5. The number of nitrogens with one attached hydrogen (secondary N) is 1. The van der Waals surface area contributed by atoms with E-state index in [-0.39, 0.29) is 5.54 Å². The average Bonchev–Trinajstić information content (AvgIpc) is 1.54. The molecular formula is C7H11NS2. The lowest BCUT2D eigenvalue weighted by molar-refractivity contribution is 0.581. The topological polar surface area (TPSA) is 12.0 Å². The zero-order valence-corrected chi connectivity index (χ0v) is 8.03. The molecule has 1 aliphatic heterocycles. The summed E-state index contributed by atoms with van der Waals surface area (Å²) < 4.78 is 0.880. The van der Waals surface area contributed by atoms with Gasteiger partial charge in [-0.15, -0.1) is 0 Å². The van der Waals surface area contributed by atoms with E-state index in [1.54, 1.807) is 11.8 Å². The van der Waals surface area contributed by atoms with Crippen LogP contribution in [0.5, 0.6) is 0 Å². The Morgan fingerprint density at radius 1 is 1.60 bits per heavy atom. The fraction of sp³-hybridized carbons (Fsp3) is 0.571. The van der Waals surface area contributed by atoms with Gasteiger partial charge in [0.1, 0.15) is 4.32 Å². The Labute approximate surface area is 71.3 Å². The van der Waals surface area contributed by atoms with Gasteiger partial charge >= 0.3 is 0 Å². The van der Waals surface area contributed by atoms with E-state index >= 15 is 0 Å². The van der Waals surface area contributed by atoms with Gasteiger partial charge in [0.25, 0.3) is 0 Å². The maximum atomic E-state index is 5.04. The molecule has 0 aromatic heterocycles. The van der Waals surface area contributed by atoms with Crippen LogP contribution in [0.15, 0.2) is 11.0 Å². The van der Waals surface area contributed by atoms with Crippen LogP contribution in [0.3, 0.4) is 0 Å². The number of hydrogen-bond donors (Lipinski definition) is 1. The molecule has 1 heterocycles. The fourth-order valence-electron chi connectivity index (χ4n) is 1.01. The van der Waals surface area contributed by atoms with E-state index in [0.29, 0.717) is 0 Å². The van der Waals surface area contributed by atoms with Crippen LogP contribution in [-0.2, 0) is 0 Å². The molecule has 1 nitrogen and oxygen atoms in total. The Morgan fingerprint density at radius 3 is 2.60 bits per heavy atom. The molecule has 1 rings (SSSR count). The number of hydrogen-bond acceptors (Lipinski definition) is 2. The minimum atomic E-state index is 0.0480. The summed E-state index contributed by atoms with van der Waals surface area (Å²) in [6, 6.07) is 0. The molecule has 0 fully saturated rings. The van der Waals surface area contributed by atoms with Crippen LogP contribution in [0.4, 0.5) is 0 Å². The molecule has 0 aliphatic carbocycles. The van der Waals surface area contributed by atoms with E-state index < -0.39 is 0 Å². The fourth-order valence-corrected chi connectivity index (χ4v) is 2.63. The quantitative estimate of drug-likeness (QED) is 0.564. The summed E-state index contributed by atoms with van der Waals surface area (Å²) >= 11 is 6.67. The minimum Gasteiger partial charge on any atom is -0.362 e. The highest BCUT2D eigenvalue weighted by Crippen LogP contribution is 2.25. The highest BCUT2D eigenvalue weighted by atomic mass is 32.2. The Balaban J connectivity index is 2.83. The molecule has 0 amide bonds. The van der Waals surface area contributed by atoms with E-state index in [1.807, 2.05) is 0 Å². The lowest BCUT2D eigenvalue weighted by Crippen LogP contribution is -2.42. The molecule has 0 aromatic carbocycles. The molecule has 0 aromatic rings. The van der Waals surface area contributed by atoms with Gasteiger partial charge in [0.15, 0.2) is 0 Å². The summed E-state index contributed by atoms with van der Waals surface area (Å²) in [5.41, 5.74) is 0.0480. The third kappa shape index (κ3) is 1.99. The molecular weight excluding hydrogens is 162 g/mol. The second-order valence-electron chi connectivity index (χ2n) is 2.99. The van der Waals surface area contributed by atoms with Gasteiger partial charge in [-0.1, -0.05) is 30.1 Å². The molecule has 0 saturated heterocycles. The van der Waals surface area contributed by atoms with Crippen molar-refractivity contribution >= 4 is 28.3 Å². The van der Waals surface area contributed by atoms with Crippen LogP contribution in [0.1, 0.15) is 20.8 Å². The third-order valence-electron chi connectivity index (χ3n) is 1.24. The van der Waals surface area contributed by atoms with E-state index in [4.69, 9.17) is 12.2 Å². The summed E-state index contributed by atoms with van der Waals surface area (Å²) in [6.45, 7) is 6.31. The van der Waals surface area contributed by atoms with Crippen molar-refractivity contribution in [1.82, 2.24) is 5.32 Å². The number of thiocarbonyl (C=S) groups is 1. The molecule has 3 heteroatoms. The summed E-state index contributed by atoms with van der Waals surface area (Å²) in [5, 5.41) is 3.20. The van der Waals surface area contributed by atoms with Crippen LogP contribution in [0.25, 0.3) is 0 Å². The van der Waals surface area contributed by atoms with Crippen LogP contribution in [0, 0.1) is 0 Å². The van der Waals surface area contributed by atoms with Crippen molar-refractivity contribution in [2.45, 2.75) is 26.3 Å². The SMILES string of the molecule is CC1=CC(C)(C)NC(=S)S1. The van der Waals surface area contributed by atoms with Gasteiger partial charge in [-0.05, 0) is 25.7 Å². The number of rotatable bonds is 0. The molecule has 10 heavy (non-hydrogen) atoms. The molecule has 0 spiro atoms. The van der Waals surface area contributed by atoms with Crippen molar-refractivity contribution in [3.05, 3.63) is 11.0 Å². The van der Waals surface area contributed by atoms with E-state index in [2.05, 4.69) is 32.2 Å². The smallest absolute Gasteiger partial charge is 0.138 e. The second kappa shape index (κ2) is 2.55. The third-order valence-corrected chi connectivity index (χ3v) is 2.32. The highest BCUT2D eigenvalue weighted by molar-refractivity contribution is 8.25. The van der Waals surface area contributed by atoms with Crippen molar-refractivity contribution in [3.8, 4) is 0 Å². The zero-order chi connectivity index (χ0) is 7.78. The molecule has 0 unspecified atom stereocenters. The van der Waals surface area contributed by atoms with Crippen molar-refractivity contribution in [2.24, 2.45) is 0 Å². The van der Waals surface area contributed by atoms with E-state index in [1.165, 1.54) is 4.91 Å². The lowest BCUT2D eigenvalue weighted by Gasteiger charge is -2.28. The molecule has 0 bridgehead atoms. The first-order valence-electron chi connectivity index (χ1n) is 3.19. The van der Waals surface area contributed by atoms with E-state index in [9.17, 15) is 0 Å². The largest absolute Gasteiger partial charge is 0.362 e. The molecule has 0 atom stereocenters. The van der Waals surface area contributed by atoms with Crippen molar-refractivity contribution in [1.29, 1.82) is 0 Å².